The van der Waals surface area contributed by atoms with Gasteiger partial charge in [-0.05, 0) is 49.7 Å². The summed E-state index contributed by atoms with van der Waals surface area (Å²) < 4.78 is 65.8. The number of benzene rings is 2. The molecule has 224 valence electrons. The Morgan fingerprint density at radius 3 is 1.72 bits per heavy atom. The van der Waals surface area contributed by atoms with E-state index in [4.69, 9.17) is 30.4 Å². The summed E-state index contributed by atoms with van der Waals surface area (Å²) in [5.74, 6) is 2.19. The lowest BCUT2D eigenvalue weighted by molar-refractivity contribution is 0.310. The molecule has 10 nitrogen and oxygen atoms in total. The van der Waals surface area contributed by atoms with Crippen LogP contribution in [0, 0.1) is 0 Å². The molecule has 0 heterocycles. The third-order valence-corrected chi connectivity index (χ3v) is 6.18. The molecule has 0 amide bonds. The molecule has 0 radical (unpaired) electrons. The first-order valence-corrected chi connectivity index (χ1v) is 16.0. The summed E-state index contributed by atoms with van der Waals surface area (Å²) in [6, 6.07) is 9.64. The fraction of sp³-hybridized carbons (Fsp3) is 0.481. The molecule has 0 saturated carbocycles. The molecule has 39 heavy (non-hydrogen) atoms. The van der Waals surface area contributed by atoms with Crippen LogP contribution < -0.4 is 30.4 Å². The van der Waals surface area contributed by atoms with Crippen molar-refractivity contribution in [3.8, 4) is 23.0 Å². The Labute approximate surface area is 235 Å². The molecule has 2 aromatic carbocycles. The van der Waals surface area contributed by atoms with Crippen LogP contribution in [0.25, 0.3) is 5.70 Å². The molecule has 0 aliphatic rings. The summed E-state index contributed by atoms with van der Waals surface area (Å²) in [5, 5.41) is 1.02. The van der Waals surface area contributed by atoms with Crippen molar-refractivity contribution in [3.05, 3.63) is 52.9 Å². The van der Waals surface area contributed by atoms with Gasteiger partial charge in [0.25, 0.3) is 0 Å². The Kier molecular flexibility index (Phi) is 18.0. The van der Waals surface area contributed by atoms with Gasteiger partial charge < -0.3 is 30.4 Å². The maximum atomic E-state index is 11.2. The zero-order valence-electron chi connectivity index (χ0n) is 23.5. The Bertz CT molecular complexity index is 1240. The molecule has 4 N–H and O–H groups in total. The summed E-state index contributed by atoms with van der Waals surface area (Å²) in [6.07, 6.45) is 2.26. The van der Waals surface area contributed by atoms with Gasteiger partial charge >= 0.3 is 0 Å². The van der Waals surface area contributed by atoms with E-state index in [1.54, 1.807) is 43.5 Å². The van der Waals surface area contributed by atoms with Crippen molar-refractivity contribution in [2.45, 2.75) is 41.2 Å². The third kappa shape index (κ3) is 14.7. The zero-order valence-corrected chi connectivity index (χ0v) is 25.1. The van der Waals surface area contributed by atoms with E-state index < -0.39 is 25.7 Å². The summed E-state index contributed by atoms with van der Waals surface area (Å²) in [7, 11) is -3.30. The minimum atomic E-state index is -3.27. The van der Waals surface area contributed by atoms with E-state index in [1.807, 2.05) is 27.7 Å². The zero-order chi connectivity index (χ0) is 29.5. The van der Waals surface area contributed by atoms with Crippen LogP contribution in [0.3, 0.4) is 0 Å². The van der Waals surface area contributed by atoms with Crippen LogP contribution in [-0.2, 0) is 19.7 Å². The number of hydrogen-bond donors (Lipinski definition) is 2. The monoisotopic (exact) mass is 590 g/mol. The molecular weight excluding hydrogens is 544 g/mol. The summed E-state index contributed by atoms with van der Waals surface area (Å²) >= 11 is 0. The molecule has 0 saturated heterocycles. The first-order chi connectivity index (χ1) is 17.7. The van der Waals surface area contributed by atoms with Gasteiger partial charge in [0.15, 0.2) is 32.8 Å². The predicted octanol–water partition coefficient (Wildman–Crippen LogP) is 4.20. The molecule has 1 atom stereocenters. The van der Waals surface area contributed by atoms with Crippen molar-refractivity contribution < 1.29 is 35.8 Å². The predicted molar refractivity (Wildman–Crippen MR) is 160 cm³/mol. The number of nitrogens with two attached hydrogens (primary N) is 2. The van der Waals surface area contributed by atoms with Crippen molar-refractivity contribution in [2.24, 2.45) is 11.5 Å². The Balaban J connectivity index is 0. The highest BCUT2D eigenvalue weighted by atomic mass is 32.2. The Morgan fingerprint density at radius 1 is 0.846 bits per heavy atom. The highest BCUT2D eigenvalue weighted by Crippen LogP contribution is 2.31. The van der Waals surface area contributed by atoms with Crippen LogP contribution >= 0.6 is 0 Å². The normalized spacial score (nSPS) is 11.9. The van der Waals surface area contributed by atoms with E-state index >= 15 is 0 Å². The van der Waals surface area contributed by atoms with Gasteiger partial charge in [-0.15, -0.1) is 0 Å². The lowest BCUT2D eigenvalue weighted by Gasteiger charge is -2.15. The minimum absolute atomic E-state index is 0. The average Bonchev–Trinajstić information content (AvgIpc) is 2.84. The summed E-state index contributed by atoms with van der Waals surface area (Å²) in [4.78, 5) is 0. The Hall–Kier alpha value is -2.96. The SMILES string of the molecule is C.CC.CCOc1cc(C(N)=CS(C)(=O)=O)ccc1OC.CCOc1cc([C@H](N)CS(C)(=O)=O)ccc1OC. The smallest absolute Gasteiger partial charge is 0.170 e. The van der Waals surface area contributed by atoms with E-state index in [9.17, 15) is 16.8 Å². The molecule has 0 aromatic heterocycles. The maximum Gasteiger partial charge on any atom is 0.170 e. The van der Waals surface area contributed by atoms with Crippen molar-refractivity contribution >= 4 is 25.4 Å². The van der Waals surface area contributed by atoms with Crippen LogP contribution in [0.15, 0.2) is 41.8 Å². The number of rotatable bonds is 11. The van der Waals surface area contributed by atoms with Crippen molar-refractivity contribution in [1.82, 2.24) is 0 Å². The first-order valence-electron chi connectivity index (χ1n) is 12.0. The highest BCUT2D eigenvalue weighted by molar-refractivity contribution is 7.93. The molecule has 0 aliphatic heterocycles. The fourth-order valence-electron chi connectivity index (χ4n) is 3.04. The van der Waals surface area contributed by atoms with Gasteiger partial charge in [-0.1, -0.05) is 27.3 Å². The van der Waals surface area contributed by atoms with E-state index in [0.29, 0.717) is 47.3 Å². The van der Waals surface area contributed by atoms with Crippen LogP contribution in [0.4, 0.5) is 0 Å². The van der Waals surface area contributed by atoms with Gasteiger partial charge in [0.2, 0.25) is 0 Å². The number of methoxy groups -OCH3 is 2. The van der Waals surface area contributed by atoms with Crippen LogP contribution in [0.5, 0.6) is 23.0 Å². The van der Waals surface area contributed by atoms with Crippen molar-refractivity contribution in [2.75, 3.05) is 45.7 Å². The number of ether oxygens (including phenoxy) is 4. The number of sulfone groups is 2. The molecule has 12 heteroatoms. The molecule has 2 aromatic rings. The lowest BCUT2D eigenvalue weighted by Crippen LogP contribution is -2.20. The van der Waals surface area contributed by atoms with Gasteiger partial charge in [-0.3, -0.25) is 0 Å². The third-order valence-electron chi connectivity index (χ3n) is 4.54. The van der Waals surface area contributed by atoms with Crippen LogP contribution in [-0.4, -0.2) is 62.5 Å². The molecule has 0 unspecified atom stereocenters. The standard InChI is InChI=1S/C12H19NO4S.C12H17NO4S.C2H6.CH4/c2*1-4-17-12-7-9(5-6-11(12)16-2)10(13)8-18(3,14)15;1-2;/h5-7,10H,4,8,13H2,1-3H3;5-8H,4,13H2,1-3H3;1-2H3;1H4/t10-;;;/m1.../s1. The van der Waals surface area contributed by atoms with Crippen molar-refractivity contribution in [3.63, 3.8) is 0 Å². The minimum Gasteiger partial charge on any atom is -0.493 e. The molecule has 0 bridgehead atoms. The second-order valence-corrected chi connectivity index (χ2v) is 11.8. The number of hydrogen-bond acceptors (Lipinski definition) is 10. The fourth-order valence-corrected chi connectivity index (χ4v) is 4.48. The highest BCUT2D eigenvalue weighted by Gasteiger charge is 2.15. The van der Waals surface area contributed by atoms with Gasteiger partial charge in [0.05, 0.1) is 44.3 Å². The van der Waals surface area contributed by atoms with E-state index in [-0.39, 0.29) is 18.9 Å². The van der Waals surface area contributed by atoms with E-state index in [2.05, 4.69) is 0 Å². The molecule has 0 fully saturated rings. The molecule has 2 rings (SSSR count). The second-order valence-electron chi connectivity index (χ2n) is 7.74. The summed E-state index contributed by atoms with van der Waals surface area (Å²) in [6.45, 7) is 8.70. The molecule has 0 spiro atoms. The molecule has 0 aliphatic carbocycles. The lowest BCUT2D eigenvalue weighted by atomic mass is 10.1. The van der Waals surface area contributed by atoms with Gasteiger partial charge in [0, 0.05) is 24.1 Å². The van der Waals surface area contributed by atoms with Gasteiger partial charge in [-0.2, -0.15) is 0 Å². The van der Waals surface area contributed by atoms with Crippen molar-refractivity contribution in [1.29, 1.82) is 0 Å². The van der Waals surface area contributed by atoms with Gasteiger partial charge in [0.1, 0.15) is 9.84 Å². The summed E-state index contributed by atoms with van der Waals surface area (Å²) in [5.41, 5.74) is 13.0. The van der Waals surface area contributed by atoms with Gasteiger partial charge in [-0.25, -0.2) is 16.8 Å². The molecular formula is C27H46N2O8S2. The quantitative estimate of drug-likeness (QED) is 0.389. The first kappa shape index (κ1) is 38.2. The maximum absolute atomic E-state index is 11.2. The second kappa shape index (κ2) is 18.3. The van der Waals surface area contributed by atoms with E-state index in [0.717, 1.165) is 11.7 Å². The van der Waals surface area contributed by atoms with Crippen LogP contribution in [0.2, 0.25) is 0 Å². The largest absolute Gasteiger partial charge is 0.493 e. The van der Waals surface area contributed by atoms with E-state index in [1.165, 1.54) is 13.4 Å². The average molecular weight is 591 g/mol. The van der Waals surface area contributed by atoms with Crippen LogP contribution in [0.1, 0.15) is 52.3 Å². The topological polar surface area (TPSA) is 157 Å². The Morgan fingerprint density at radius 2 is 1.31 bits per heavy atom.